The summed E-state index contributed by atoms with van der Waals surface area (Å²) in [5, 5.41) is 15.2. The van der Waals surface area contributed by atoms with Gasteiger partial charge in [0.25, 0.3) is 5.91 Å². The molecule has 3 N–H and O–H groups in total. The van der Waals surface area contributed by atoms with E-state index in [4.69, 9.17) is 0 Å². The fraction of sp³-hybridized carbons (Fsp3) is 0.765. The Labute approximate surface area is 169 Å². The van der Waals surface area contributed by atoms with E-state index in [1.807, 2.05) is 18.7 Å². The Hall–Kier alpha value is -1.39. The molecule has 1 aromatic rings. The number of carbonyl (C=O) groups excluding carboxylic acids is 2. The average Bonchev–Trinajstić information content (AvgIpc) is 3.05. The lowest BCUT2D eigenvalue weighted by Gasteiger charge is -2.31. The summed E-state index contributed by atoms with van der Waals surface area (Å²) >= 11 is 2.92. The summed E-state index contributed by atoms with van der Waals surface area (Å²) < 4.78 is 0.809. The molecule has 152 valence electrons. The molecule has 0 aliphatic carbocycles. The number of piperazine rings is 1. The van der Waals surface area contributed by atoms with Gasteiger partial charge in [0.2, 0.25) is 11.0 Å². The van der Waals surface area contributed by atoms with Crippen molar-refractivity contribution in [3.63, 3.8) is 0 Å². The molecule has 0 atom stereocenters. The second-order valence-electron chi connectivity index (χ2n) is 7.47. The highest BCUT2D eigenvalue weighted by Crippen LogP contribution is 2.25. The number of anilines is 1. The van der Waals surface area contributed by atoms with Gasteiger partial charge in [-0.25, -0.2) is 0 Å². The first kappa shape index (κ1) is 21.9. The van der Waals surface area contributed by atoms with E-state index in [1.54, 1.807) is 0 Å². The number of rotatable bonds is 9. The van der Waals surface area contributed by atoms with Gasteiger partial charge in [-0.1, -0.05) is 36.9 Å². The second-order valence-corrected chi connectivity index (χ2v) is 9.67. The maximum Gasteiger partial charge on any atom is 0.275 e. The molecule has 2 heterocycles. The predicted octanol–water partition coefficient (Wildman–Crippen LogP) is -0.0502. The van der Waals surface area contributed by atoms with Crippen molar-refractivity contribution in [1.82, 2.24) is 20.4 Å². The molecule has 0 radical (unpaired) electrons. The topological polar surface area (TPSA) is 91.7 Å². The molecular weight excluding hydrogens is 384 g/mol. The summed E-state index contributed by atoms with van der Waals surface area (Å²) in [6.45, 7) is 12.6. The quantitative estimate of drug-likeness (QED) is 0.490. The molecule has 0 unspecified atom stereocenters. The van der Waals surface area contributed by atoms with Gasteiger partial charge in [0.05, 0.1) is 31.9 Å². The van der Waals surface area contributed by atoms with E-state index in [9.17, 15) is 9.59 Å². The van der Waals surface area contributed by atoms with Crippen LogP contribution in [-0.2, 0) is 9.59 Å². The van der Waals surface area contributed by atoms with Crippen molar-refractivity contribution in [3.05, 3.63) is 0 Å². The van der Waals surface area contributed by atoms with Crippen LogP contribution in [0.3, 0.4) is 0 Å². The zero-order chi connectivity index (χ0) is 19.8. The van der Waals surface area contributed by atoms with Crippen LogP contribution in [0.15, 0.2) is 4.34 Å². The summed E-state index contributed by atoms with van der Waals surface area (Å²) in [7, 11) is 0. The Morgan fingerprint density at radius 1 is 1.22 bits per heavy atom. The lowest BCUT2D eigenvalue weighted by atomic mass is 10.2. The number of hydrogen-bond acceptors (Lipinski definition) is 7. The van der Waals surface area contributed by atoms with E-state index in [0.29, 0.717) is 31.3 Å². The number of nitrogens with zero attached hydrogens (tertiary/aromatic N) is 3. The first-order valence-electron chi connectivity index (χ1n) is 9.44. The molecule has 1 aromatic heterocycles. The fourth-order valence-electron chi connectivity index (χ4n) is 2.69. The van der Waals surface area contributed by atoms with Crippen LogP contribution in [-0.4, -0.2) is 78.0 Å². The minimum atomic E-state index is 0.0773. The number of amides is 2. The second kappa shape index (κ2) is 10.8. The third-order valence-corrected chi connectivity index (χ3v) is 6.07. The molecule has 1 saturated heterocycles. The molecule has 10 heteroatoms. The molecule has 1 fully saturated rings. The largest absolute Gasteiger partial charge is 0.360 e. The molecule has 2 rings (SSSR count). The third kappa shape index (κ3) is 8.02. The number of thioether (sulfide) groups is 1. The molecule has 2 amide bonds. The van der Waals surface area contributed by atoms with Crippen LogP contribution in [0, 0.1) is 5.92 Å². The number of nitrogens with one attached hydrogen (secondary N) is 3. The SMILES string of the molecule is CC(C)CNc1nnc(SCC(=O)N2CC[NH+](CC(=O)NC(C)C)CC2)s1. The van der Waals surface area contributed by atoms with Crippen LogP contribution < -0.4 is 15.5 Å². The monoisotopic (exact) mass is 415 g/mol. The van der Waals surface area contributed by atoms with E-state index in [0.717, 1.165) is 29.1 Å². The molecule has 1 aliphatic heterocycles. The summed E-state index contributed by atoms with van der Waals surface area (Å²) in [5.74, 6) is 1.12. The number of carbonyl (C=O) groups is 2. The Morgan fingerprint density at radius 2 is 1.93 bits per heavy atom. The van der Waals surface area contributed by atoms with Crippen molar-refractivity contribution in [2.24, 2.45) is 5.92 Å². The highest BCUT2D eigenvalue weighted by molar-refractivity contribution is 8.01. The van der Waals surface area contributed by atoms with Crippen molar-refractivity contribution in [2.75, 3.05) is 50.3 Å². The molecular formula is C17H31N6O2S2+. The van der Waals surface area contributed by atoms with Crippen LogP contribution in [0.2, 0.25) is 0 Å². The highest BCUT2D eigenvalue weighted by atomic mass is 32.2. The molecule has 0 aromatic carbocycles. The Kier molecular flexibility index (Phi) is 8.78. The zero-order valence-corrected chi connectivity index (χ0v) is 18.2. The van der Waals surface area contributed by atoms with Gasteiger partial charge in [0.15, 0.2) is 10.9 Å². The maximum atomic E-state index is 12.4. The maximum absolute atomic E-state index is 12.4. The van der Waals surface area contributed by atoms with Crippen molar-refractivity contribution < 1.29 is 14.5 Å². The molecule has 0 saturated carbocycles. The van der Waals surface area contributed by atoms with E-state index < -0.39 is 0 Å². The predicted molar refractivity (Wildman–Crippen MR) is 109 cm³/mol. The van der Waals surface area contributed by atoms with Gasteiger partial charge in [-0.05, 0) is 19.8 Å². The van der Waals surface area contributed by atoms with Crippen molar-refractivity contribution >= 4 is 40.0 Å². The van der Waals surface area contributed by atoms with Gasteiger partial charge in [-0.15, -0.1) is 10.2 Å². The minimum absolute atomic E-state index is 0.0773. The molecule has 8 nitrogen and oxygen atoms in total. The van der Waals surface area contributed by atoms with Crippen molar-refractivity contribution in [2.45, 2.75) is 38.1 Å². The van der Waals surface area contributed by atoms with E-state index in [2.05, 4.69) is 34.7 Å². The minimum Gasteiger partial charge on any atom is -0.360 e. The molecule has 27 heavy (non-hydrogen) atoms. The molecule has 0 bridgehead atoms. The standard InChI is InChI=1S/C17H30N6O2S2/c1-12(2)9-18-16-20-21-17(27-16)26-11-15(25)23-7-5-22(6-8-23)10-14(24)19-13(3)4/h12-13H,5-11H2,1-4H3,(H,18,20)(H,19,24)/p+1. The summed E-state index contributed by atoms with van der Waals surface area (Å²) in [4.78, 5) is 27.4. The summed E-state index contributed by atoms with van der Waals surface area (Å²) in [6.07, 6.45) is 0. The Bertz CT molecular complexity index is 614. The smallest absolute Gasteiger partial charge is 0.275 e. The van der Waals surface area contributed by atoms with E-state index in [1.165, 1.54) is 28.0 Å². The van der Waals surface area contributed by atoms with Crippen LogP contribution in [0.1, 0.15) is 27.7 Å². The van der Waals surface area contributed by atoms with Gasteiger partial charge >= 0.3 is 0 Å². The van der Waals surface area contributed by atoms with Crippen LogP contribution in [0.5, 0.6) is 0 Å². The first-order valence-corrected chi connectivity index (χ1v) is 11.2. The van der Waals surface area contributed by atoms with Gasteiger partial charge in [-0.3, -0.25) is 9.59 Å². The first-order chi connectivity index (χ1) is 12.8. The number of quaternary nitrogens is 1. The lowest BCUT2D eigenvalue weighted by Crippen LogP contribution is -3.16. The van der Waals surface area contributed by atoms with Gasteiger partial charge in [0.1, 0.15) is 0 Å². The van der Waals surface area contributed by atoms with Gasteiger partial charge in [-0.2, -0.15) is 0 Å². The fourth-order valence-corrected chi connectivity index (χ4v) is 4.36. The highest BCUT2D eigenvalue weighted by Gasteiger charge is 2.25. The van der Waals surface area contributed by atoms with Crippen LogP contribution in [0.4, 0.5) is 5.13 Å². The zero-order valence-electron chi connectivity index (χ0n) is 16.6. The normalized spacial score (nSPS) is 15.4. The molecule has 0 spiro atoms. The number of hydrogen-bond donors (Lipinski definition) is 3. The lowest BCUT2D eigenvalue weighted by molar-refractivity contribution is -0.896. The van der Waals surface area contributed by atoms with Crippen molar-refractivity contribution in [3.8, 4) is 0 Å². The average molecular weight is 416 g/mol. The van der Waals surface area contributed by atoms with E-state index >= 15 is 0 Å². The number of aromatic nitrogens is 2. The van der Waals surface area contributed by atoms with E-state index in [-0.39, 0.29) is 17.9 Å². The summed E-state index contributed by atoms with van der Waals surface area (Å²) in [5.41, 5.74) is 0. The van der Waals surface area contributed by atoms with Crippen LogP contribution >= 0.6 is 23.1 Å². The third-order valence-electron chi connectivity index (χ3n) is 4.07. The Morgan fingerprint density at radius 3 is 2.56 bits per heavy atom. The van der Waals surface area contributed by atoms with Crippen LogP contribution in [0.25, 0.3) is 0 Å². The Balaban J connectivity index is 1.68. The van der Waals surface area contributed by atoms with Gasteiger partial charge in [0, 0.05) is 12.6 Å². The molecule has 1 aliphatic rings. The van der Waals surface area contributed by atoms with Gasteiger partial charge < -0.3 is 20.4 Å². The summed E-state index contributed by atoms with van der Waals surface area (Å²) in [6, 6.07) is 0.165. The van der Waals surface area contributed by atoms with Crippen molar-refractivity contribution in [1.29, 1.82) is 0 Å².